The predicted octanol–water partition coefficient (Wildman–Crippen LogP) is 0.403. The van der Waals surface area contributed by atoms with Crippen LogP contribution < -0.4 is 16.5 Å². The lowest BCUT2D eigenvalue weighted by molar-refractivity contribution is -0.131. The summed E-state index contributed by atoms with van der Waals surface area (Å²) in [6.45, 7) is 1.56. The molecule has 0 radical (unpaired) electrons. The second-order valence-corrected chi connectivity index (χ2v) is 5.66. The van der Waals surface area contributed by atoms with Crippen molar-refractivity contribution < 1.29 is 14.8 Å². The highest BCUT2D eigenvalue weighted by molar-refractivity contribution is 5.97. The van der Waals surface area contributed by atoms with Gasteiger partial charge in [0, 0.05) is 23.1 Å². The molecule has 1 aliphatic carbocycles. The van der Waals surface area contributed by atoms with E-state index in [2.05, 4.69) is 29.0 Å². The van der Waals surface area contributed by atoms with Gasteiger partial charge in [-0.3, -0.25) is 14.8 Å². The van der Waals surface area contributed by atoms with Crippen LogP contribution in [-0.2, 0) is 4.79 Å². The minimum Gasteiger partial charge on any atom is -0.339 e. The van der Waals surface area contributed by atoms with Crippen LogP contribution >= 0.6 is 0 Å². The Hall–Kier alpha value is -2.80. The molecule has 1 aliphatic rings. The molecule has 0 bridgehead atoms. The molecule has 5 N–H and O–H groups in total. The van der Waals surface area contributed by atoms with Crippen molar-refractivity contribution in [1.29, 1.82) is 0 Å². The fourth-order valence-electron chi connectivity index (χ4n) is 1.90. The molecule has 1 aromatic rings. The molecule has 24 heavy (non-hydrogen) atoms. The third-order valence-corrected chi connectivity index (χ3v) is 3.48. The van der Waals surface area contributed by atoms with Crippen molar-refractivity contribution >= 4 is 11.8 Å². The van der Waals surface area contributed by atoms with Gasteiger partial charge in [-0.2, -0.15) is 0 Å². The number of carbonyl (C=O) groups excluding carboxylic acids is 2. The minimum absolute atomic E-state index is 0.362. The molecule has 0 heterocycles. The third kappa shape index (κ3) is 5.13. The first-order chi connectivity index (χ1) is 11.5. The Morgan fingerprint density at radius 1 is 1.25 bits per heavy atom. The second-order valence-electron chi connectivity index (χ2n) is 5.66. The van der Waals surface area contributed by atoms with Crippen LogP contribution in [0.5, 0.6) is 0 Å². The molecule has 6 nitrogen and oxygen atoms in total. The summed E-state index contributed by atoms with van der Waals surface area (Å²) in [5, 5.41) is 11.2. The number of hydrogen-bond donors (Lipinski definition) is 4. The van der Waals surface area contributed by atoms with Gasteiger partial charge in [0.1, 0.15) is 6.04 Å². The van der Waals surface area contributed by atoms with Gasteiger partial charge in [0.2, 0.25) is 0 Å². The smallest absolute Gasteiger partial charge is 0.267 e. The van der Waals surface area contributed by atoms with Crippen LogP contribution in [0.1, 0.15) is 35.7 Å². The maximum Gasteiger partial charge on any atom is 0.267 e. The van der Waals surface area contributed by atoms with E-state index in [1.807, 2.05) is 0 Å². The SMILES string of the molecule is C[C@@H](N)[C@H](NC(=O)c1ccc(C#CC#CC2CC2)cc1)C(=O)NO. The highest BCUT2D eigenvalue weighted by atomic mass is 16.5. The van der Waals surface area contributed by atoms with E-state index in [-0.39, 0.29) is 0 Å². The molecule has 2 rings (SSSR count). The van der Waals surface area contributed by atoms with E-state index in [0.717, 1.165) is 18.4 Å². The average Bonchev–Trinajstić information content (AvgIpc) is 3.40. The van der Waals surface area contributed by atoms with Gasteiger partial charge in [-0.05, 0) is 55.9 Å². The Morgan fingerprint density at radius 2 is 1.92 bits per heavy atom. The van der Waals surface area contributed by atoms with Crippen molar-refractivity contribution in [3.63, 3.8) is 0 Å². The van der Waals surface area contributed by atoms with E-state index in [9.17, 15) is 9.59 Å². The largest absolute Gasteiger partial charge is 0.339 e. The van der Waals surface area contributed by atoms with Crippen LogP contribution in [0.3, 0.4) is 0 Å². The van der Waals surface area contributed by atoms with Crippen molar-refractivity contribution in [1.82, 2.24) is 10.8 Å². The lowest BCUT2D eigenvalue weighted by atomic mass is 10.1. The molecular formula is C18H19N3O3. The zero-order valence-corrected chi connectivity index (χ0v) is 13.3. The summed E-state index contributed by atoms with van der Waals surface area (Å²) in [4.78, 5) is 23.6. The quantitative estimate of drug-likeness (QED) is 0.365. The van der Waals surface area contributed by atoms with Crippen molar-refractivity contribution in [2.24, 2.45) is 11.7 Å². The van der Waals surface area contributed by atoms with Crippen molar-refractivity contribution in [2.45, 2.75) is 31.8 Å². The monoisotopic (exact) mass is 325 g/mol. The Morgan fingerprint density at radius 3 is 2.46 bits per heavy atom. The molecule has 0 unspecified atom stereocenters. The number of nitrogens with one attached hydrogen (secondary N) is 2. The summed E-state index contributed by atoms with van der Waals surface area (Å²) in [6, 6.07) is 4.92. The maximum atomic E-state index is 12.1. The van der Waals surface area contributed by atoms with E-state index in [0.29, 0.717) is 11.5 Å². The normalized spacial score (nSPS) is 15.0. The molecule has 0 aliphatic heterocycles. The summed E-state index contributed by atoms with van der Waals surface area (Å²) in [5.74, 6) is 10.8. The molecule has 0 aromatic heterocycles. The predicted molar refractivity (Wildman–Crippen MR) is 88.7 cm³/mol. The second kappa shape index (κ2) is 8.16. The summed E-state index contributed by atoms with van der Waals surface area (Å²) >= 11 is 0. The summed E-state index contributed by atoms with van der Waals surface area (Å²) in [7, 11) is 0. The van der Waals surface area contributed by atoms with Gasteiger partial charge < -0.3 is 11.1 Å². The van der Waals surface area contributed by atoms with E-state index in [1.165, 1.54) is 5.48 Å². The van der Waals surface area contributed by atoms with Crippen molar-refractivity contribution in [3.05, 3.63) is 35.4 Å². The molecule has 1 aromatic carbocycles. The standard InChI is InChI=1S/C18H19N3O3/c1-12(19)16(18(23)21-24)20-17(22)15-10-8-14(9-11-15)5-3-2-4-13-6-7-13/h8-13,16,24H,6-7,19H2,1H3,(H,20,22)(H,21,23)/t12-,16+/m1/s1. The summed E-state index contributed by atoms with van der Waals surface area (Å²) in [5.41, 5.74) is 8.23. The maximum absolute atomic E-state index is 12.1. The number of rotatable bonds is 4. The zero-order chi connectivity index (χ0) is 17.5. The molecule has 1 saturated carbocycles. The van der Waals surface area contributed by atoms with Crippen LogP contribution in [0.2, 0.25) is 0 Å². The van der Waals surface area contributed by atoms with E-state index in [4.69, 9.17) is 10.9 Å². The van der Waals surface area contributed by atoms with Crippen LogP contribution in [-0.4, -0.2) is 29.1 Å². The average molecular weight is 325 g/mol. The molecule has 124 valence electrons. The molecule has 6 heteroatoms. The van der Waals surface area contributed by atoms with Crippen LogP contribution in [0.4, 0.5) is 0 Å². The Bertz CT molecular complexity index is 729. The molecule has 2 amide bonds. The third-order valence-electron chi connectivity index (χ3n) is 3.48. The van der Waals surface area contributed by atoms with Gasteiger partial charge in [0.15, 0.2) is 0 Å². The molecule has 1 fully saturated rings. The summed E-state index contributed by atoms with van der Waals surface area (Å²) < 4.78 is 0. The highest BCUT2D eigenvalue weighted by Gasteiger charge is 2.24. The number of nitrogens with two attached hydrogens (primary N) is 1. The summed E-state index contributed by atoms with van der Waals surface area (Å²) in [6.07, 6.45) is 2.32. The first-order valence-electron chi connectivity index (χ1n) is 7.63. The van der Waals surface area contributed by atoms with Gasteiger partial charge in [0.05, 0.1) is 0 Å². The van der Waals surface area contributed by atoms with Gasteiger partial charge in [-0.15, -0.1) is 0 Å². The fraction of sp³-hybridized carbons (Fsp3) is 0.333. The van der Waals surface area contributed by atoms with Crippen molar-refractivity contribution in [3.8, 4) is 23.7 Å². The van der Waals surface area contributed by atoms with Gasteiger partial charge in [-0.1, -0.05) is 11.8 Å². The lowest BCUT2D eigenvalue weighted by Crippen LogP contribution is -2.54. The van der Waals surface area contributed by atoms with E-state index < -0.39 is 23.9 Å². The van der Waals surface area contributed by atoms with E-state index >= 15 is 0 Å². The van der Waals surface area contributed by atoms with Gasteiger partial charge >= 0.3 is 0 Å². The Kier molecular flexibility index (Phi) is 5.97. The number of hydroxylamine groups is 1. The van der Waals surface area contributed by atoms with Crippen LogP contribution in [0.15, 0.2) is 24.3 Å². The minimum atomic E-state index is -1.03. The Labute approximate surface area is 140 Å². The number of hydrogen-bond acceptors (Lipinski definition) is 4. The first-order valence-corrected chi connectivity index (χ1v) is 7.63. The zero-order valence-electron chi connectivity index (χ0n) is 13.3. The van der Waals surface area contributed by atoms with E-state index in [1.54, 1.807) is 31.2 Å². The Balaban J connectivity index is 2.00. The number of benzene rings is 1. The molecular weight excluding hydrogens is 306 g/mol. The van der Waals surface area contributed by atoms with Crippen LogP contribution in [0, 0.1) is 29.6 Å². The van der Waals surface area contributed by atoms with Crippen molar-refractivity contribution in [2.75, 3.05) is 0 Å². The molecule has 2 atom stereocenters. The fourth-order valence-corrected chi connectivity index (χ4v) is 1.90. The molecule has 0 spiro atoms. The van der Waals surface area contributed by atoms with Crippen LogP contribution in [0.25, 0.3) is 0 Å². The first kappa shape index (κ1) is 17.6. The number of carbonyl (C=O) groups is 2. The topological polar surface area (TPSA) is 104 Å². The number of amides is 2. The van der Waals surface area contributed by atoms with Gasteiger partial charge in [0.25, 0.3) is 11.8 Å². The lowest BCUT2D eigenvalue weighted by Gasteiger charge is -2.19. The molecule has 0 saturated heterocycles. The van der Waals surface area contributed by atoms with Gasteiger partial charge in [-0.25, -0.2) is 5.48 Å². The highest BCUT2D eigenvalue weighted by Crippen LogP contribution is 2.27.